The summed E-state index contributed by atoms with van der Waals surface area (Å²) in [6.07, 6.45) is -22.8. The number of phenols is 3. The fourth-order valence-electron chi connectivity index (χ4n) is 18.0. The van der Waals surface area contributed by atoms with Crippen LogP contribution in [-0.2, 0) is 75.1 Å². The number of carbonyl (C=O) groups excluding carboxylic acids is 7. The smallest absolute Gasteiger partial charge is 0.330 e. The number of aliphatic hydroxyl groups excluding tert-OH is 6. The summed E-state index contributed by atoms with van der Waals surface area (Å²) < 4.78 is 53.9. The third-order valence-corrected chi connectivity index (χ3v) is 26.2. The van der Waals surface area contributed by atoms with Gasteiger partial charge in [0.05, 0.1) is 53.5 Å². The maximum atomic E-state index is 16.8. The number of aliphatic carboxylic acids is 1. The van der Waals surface area contributed by atoms with E-state index in [1.165, 1.54) is 37.4 Å². The van der Waals surface area contributed by atoms with Gasteiger partial charge in [0.25, 0.3) is 0 Å². The first-order chi connectivity index (χ1) is 65.3. The van der Waals surface area contributed by atoms with Crippen molar-refractivity contribution < 1.29 is 127 Å². The number of rotatable bonds is 23. The molecule has 724 valence electrons. The number of carbonyl (C=O) groups is 8. The van der Waals surface area contributed by atoms with Crippen molar-refractivity contribution in [2.24, 2.45) is 11.7 Å². The number of hydrogen-bond donors (Lipinski definition) is 20. The molecule has 8 heterocycles. The lowest BCUT2D eigenvalue weighted by atomic mass is 9.84. The van der Waals surface area contributed by atoms with Gasteiger partial charge in [-0.2, -0.15) is 0 Å². The minimum absolute atomic E-state index is 0.123. The first kappa shape index (κ1) is 99.1. The van der Waals surface area contributed by atoms with E-state index in [1.54, 1.807) is 27.7 Å². The molecule has 8 aliphatic heterocycles. The predicted molar refractivity (Wildman–Crippen MR) is 495 cm³/mol. The molecule has 0 spiro atoms. The van der Waals surface area contributed by atoms with Crippen molar-refractivity contribution in [3.8, 4) is 79.4 Å². The van der Waals surface area contributed by atoms with Gasteiger partial charge in [0.2, 0.25) is 53.4 Å². The van der Waals surface area contributed by atoms with Gasteiger partial charge in [-0.15, -0.1) is 0 Å². The Morgan fingerprint density at radius 2 is 1.09 bits per heavy atom. The average molecular weight is 1920 g/mol. The van der Waals surface area contributed by atoms with Crippen molar-refractivity contribution in [2.45, 2.75) is 214 Å². The summed E-state index contributed by atoms with van der Waals surface area (Å²) in [4.78, 5) is 123. The van der Waals surface area contributed by atoms with E-state index < -0.39 is 261 Å². The summed E-state index contributed by atoms with van der Waals surface area (Å²) in [5.74, 6) is -16.1. The van der Waals surface area contributed by atoms with Crippen molar-refractivity contribution in [3.63, 3.8) is 0 Å². The molecule has 17 rings (SSSR count). The molecule has 7 amide bonds. The van der Waals surface area contributed by atoms with Crippen LogP contribution in [0.3, 0.4) is 0 Å². The number of likely N-dealkylation sites (N-methyl/N-ethyl adjacent to an activating group) is 1. The van der Waals surface area contributed by atoms with Gasteiger partial charge in [0.15, 0.2) is 36.2 Å². The number of carboxylic acid groups (broad SMARTS) is 1. The number of halogens is 2. The largest absolute Gasteiger partial charge is 0.508 e. The highest BCUT2D eigenvalue weighted by Gasteiger charge is 2.54. The highest BCUT2D eigenvalue weighted by atomic mass is 35.5. The van der Waals surface area contributed by atoms with Crippen LogP contribution in [0.2, 0.25) is 10.0 Å². The number of benzene rings is 9. The molecule has 38 heteroatoms. The Hall–Kier alpha value is -12.4. The summed E-state index contributed by atoms with van der Waals surface area (Å²) in [5.41, 5.74) is 6.01. The first-order valence-corrected chi connectivity index (χ1v) is 45.4. The van der Waals surface area contributed by atoms with E-state index in [2.05, 4.69) is 47.9 Å². The molecule has 0 radical (unpaired) electrons. The number of fused-ring (bicyclic) bond motifs is 15. The molecular formula is C99H108Cl2N10O26. The number of aliphatic hydroxyl groups is 6. The molecule has 0 aliphatic carbocycles. The third kappa shape index (κ3) is 21.9. The molecule has 137 heavy (non-hydrogen) atoms. The maximum absolute atomic E-state index is 16.8. The highest BCUT2D eigenvalue weighted by Crippen LogP contribution is 2.51. The standard InChI is InChI=1S/C99H108Cl2N10O26/c1-46(2)32-64(103-7)90(122)110-80-82(117)56-27-30-68(62(100)34-56)132-70-36-58-37-71(86(70)137-97-87(84(119)83(118)72(45-112)134-97)136-75-42-99(6,89(121)48(4)131-75)105-44-50-20-24-54(25-21-50)52-16-12-9-13-17-52)133-69-31-28-57(35-63(69)101)85(135-74-41-98(5,88(120)47(3)130-74)104-43-49-18-22-53(23-19-49)51-14-10-8-11-15-51)81-95(127)109-79(96(128)129)61-38-59(113)39-67(115)76(61)60-33-55(26-29-66(60)114)77(92(124)111-81)108-93(125)78(58)107-91(123)65(40-73(102)116)106-94(80)126/h8-31,33-39,46-48,64-65,72,74-75,77-85,87-89,97,103-105,112-115,117-121H,32,40-45H2,1-7H3,(H2,102,116)(H,106,126)(H,107,123)(H,108,125)(H,109,127)(H,110,122)(H,111,124)(H,128,129)/t47-,48-,64+,65-,72+,74-,75-,77+,78+,79-,80+,81-,82+,83+,84-,85+,87+,88-,89-,97-,98-,99-/m0/s1. The number of amides is 7. The molecule has 3 fully saturated rings. The van der Waals surface area contributed by atoms with Gasteiger partial charge in [-0.3, -0.25) is 33.6 Å². The lowest BCUT2D eigenvalue weighted by molar-refractivity contribution is -0.334. The molecule has 36 nitrogen and oxygen atoms in total. The lowest BCUT2D eigenvalue weighted by Crippen LogP contribution is -2.65. The van der Waals surface area contributed by atoms with Crippen molar-refractivity contribution in [2.75, 3.05) is 13.7 Å². The zero-order chi connectivity index (χ0) is 97.9. The van der Waals surface area contributed by atoms with E-state index in [-0.39, 0.29) is 65.7 Å². The fourth-order valence-corrected chi connectivity index (χ4v) is 18.5. The van der Waals surface area contributed by atoms with Gasteiger partial charge in [-0.05, 0) is 157 Å². The van der Waals surface area contributed by atoms with Crippen LogP contribution in [0.4, 0.5) is 0 Å². The van der Waals surface area contributed by atoms with Crippen LogP contribution >= 0.6 is 23.2 Å². The van der Waals surface area contributed by atoms with Crippen molar-refractivity contribution in [1.29, 1.82) is 0 Å². The SMILES string of the molecule is CN[C@H](CC(C)C)C(=O)N[C@H]1C(=O)N[C@@H](CC(N)=O)C(=O)N[C@H]2C(=O)N[C@H]3C(=O)N[C@H](C(=O)N[C@H](C(=O)O)c4cc(O)cc(O)c4-c4cc3ccc4O)[C@H](O[C@H]3C[C@](C)(NCc4ccc(-c5ccccc5)cc4)[C@@H](O)[C@H](C)O3)c3ccc(c(Cl)c3)Oc3cc2cc(c3O[C@@H]2O[C@H](CO)[C@@H](O)[C@H](O)[C@H]2O[C@H]2C[C@](C)(NCc3ccc(-c4ccccc4)cc3)[C@@H](O)[C@H](C)O2)Oc2ccc(cc2Cl)[C@H]1O. The van der Waals surface area contributed by atoms with Crippen LogP contribution in [0.5, 0.6) is 46.0 Å². The topological polar surface area (TPSA) is 547 Å². The van der Waals surface area contributed by atoms with Crippen LogP contribution in [0.15, 0.2) is 188 Å². The number of primary amides is 1. The molecule has 9 aromatic carbocycles. The Kier molecular flexibility index (Phi) is 30.3. The molecule has 3 saturated heterocycles. The molecule has 21 N–H and O–H groups in total. The highest BCUT2D eigenvalue weighted by molar-refractivity contribution is 6.32. The molecule has 22 atom stereocenters. The Bertz CT molecular complexity index is 5980. The van der Waals surface area contributed by atoms with E-state index in [1.807, 2.05) is 123 Å². The van der Waals surface area contributed by atoms with Gasteiger partial charge in [-0.1, -0.05) is 164 Å². The minimum Gasteiger partial charge on any atom is -0.508 e. The summed E-state index contributed by atoms with van der Waals surface area (Å²) in [5, 5.41) is 143. The Morgan fingerprint density at radius 3 is 1.63 bits per heavy atom. The van der Waals surface area contributed by atoms with E-state index in [9.17, 15) is 65.4 Å². The Balaban J connectivity index is 0.912. The molecule has 0 saturated carbocycles. The number of phenolic OH excluding ortho intramolecular Hbond substituents is 3. The third-order valence-electron chi connectivity index (χ3n) is 25.6. The maximum Gasteiger partial charge on any atom is 0.330 e. The van der Waals surface area contributed by atoms with Gasteiger partial charge in [-0.25, -0.2) is 4.79 Å². The lowest BCUT2D eigenvalue weighted by Gasteiger charge is -2.48. The number of nitrogens with two attached hydrogens (primary N) is 1. The van der Waals surface area contributed by atoms with Crippen LogP contribution < -0.4 is 67.8 Å². The van der Waals surface area contributed by atoms with Crippen molar-refractivity contribution in [3.05, 3.63) is 237 Å². The summed E-state index contributed by atoms with van der Waals surface area (Å²) in [6, 6.07) is 34.6. The van der Waals surface area contributed by atoms with Crippen molar-refractivity contribution >= 4 is 70.5 Å². The van der Waals surface area contributed by atoms with Gasteiger partial charge >= 0.3 is 5.97 Å². The van der Waals surface area contributed by atoms with Crippen LogP contribution in [-0.4, -0.2) is 215 Å². The van der Waals surface area contributed by atoms with E-state index in [0.29, 0.717) is 0 Å². The number of hydrogen-bond acceptors (Lipinski definition) is 28. The number of aromatic hydroxyl groups is 3. The average Bonchev–Trinajstić information content (AvgIpc) is 0.761. The van der Waals surface area contributed by atoms with E-state index in [4.69, 9.17) is 66.8 Å². The Morgan fingerprint density at radius 1 is 0.562 bits per heavy atom. The first-order valence-electron chi connectivity index (χ1n) is 44.6. The second-order valence-electron chi connectivity index (χ2n) is 35.9. The Labute approximate surface area is 796 Å². The fraction of sp³-hybridized carbons (Fsp3) is 0.374. The zero-order valence-electron chi connectivity index (χ0n) is 75.3. The molecule has 0 unspecified atom stereocenters. The van der Waals surface area contributed by atoms with Crippen LogP contribution in [0.1, 0.15) is 137 Å². The second kappa shape index (κ2) is 41.9. The normalized spacial score (nSPS) is 28.1. The quantitative estimate of drug-likeness (QED) is 0.0298. The van der Waals surface area contributed by atoms with Gasteiger partial charge < -0.3 is 143 Å². The predicted octanol–water partition coefficient (Wildman–Crippen LogP) is 7.34. The number of carboxylic acids is 1. The molecule has 11 bridgehead atoms. The molecule has 8 aliphatic rings. The molecular weight excluding hydrogens is 1820 g/mol. The molecule has 0 aromatic heterocycles. The monoisotopic (exact) mass is 1920 g/mol. The number of ether oxygens (including phenoxy) is 8. The minimum atomic E-state index is -2.41. The van der Waals surface area contributed by atoms with E-state index in [0.717, 1.165) is 81.9 Å². The van der Waals surface area contributed by atoms with E-state index >= 15 is 24.0 Å². The van der Waals surface area contributed by atoms with Crippen LogP contribution in [0.25, 0.3) is 33.4 Å². The summed E-state index contributed by atoms with van der Waals surface area (Å²) >= 11 is 14.9. The van der Waals surface area contributed by atoms with Gasteiger partial charge in [0.1, 0.15) is 89.5 Å². The summed E-state index contributed by atoms with van der Waals surface area (Å²) in [6.45, 7) is 9.59. The second-order valence-corrected chi connectivity index (χ2v) is 36.7. The zero-order valence-corrected chi connectivity index (χ0v) is 76.8. The summed E-state index contributed by atoms with van der Waals surface area (Å²) in [7, 11) is 1.48. The van der Waals surface area contributed by atoms with Crippen molar-refractivity contribution in [1.82, 2.24) is 47.9 Å². The number of nitrogens with one attached hydrogen (secondary N) is 9. The van der Waals surface area contributed by atoms with Gasteiger partial charge in [0, 0.05) is 59.8 Å². The molecule has 9 aromatic rings. The van der Waals surface area contributed by atoms with Crippen LogP contribution in [0, 0.1) is 5.92 Å².